The number of aliphatic imine (C=N–C) groups is 2. The minimum absolute atomic E-state index is 0.0436. The van der Waals surface area contributed by atoms with Crippen LogP contribution < -0.4 is 10.6 Å². The average molecular weight is 406 g/mol. The van der Waals surface area contributed by atoms with Gasteiger partial charge in [-0.1, -0.05) is 43.4 Å². The summed E-state index contributed by atoms with van der Waals surface area (Å²) in [6, 6.07) is 1.71. The number of allylic oxidation sites excluding steroid dienone is 4. The Morgan fingerprint density at radius 2 is 2.18 bits per heavy atom. The van der Waals surface area contributed by atoms with Crippen molar-refractivity contribution in [2.24, 2.45) is 15.9 Å². The van der Waals surface area contributed by atoms with Crippen molar-refractivity contribution in [1.29, 1.82) is 0 Å². The third kappa shape index (κ3) is 11.3. The fourth-order valence-electron chi connectivity index (χ4n) is 1.73. The van der Waals surface area contributed by atoms with E-state index in [1.165, 1.54) is 18.1 Å². The van der Waals surface area contributed by atoms with Crippen molar-refractivity contribution in [1.82, 2.24) is 15.8 Å². The van der Waals surface area contributed by atoms with Crippen LogP contribution in [-0.2, 0) is 4.79 Å². The van der Waals surface area contributed by atoms with Gasteiger partial charge in [-0.05, 0) is 38.4 Å². The summed E-state index contributed by atoms with van der Waals surface area (Å²) >= 11 is 1.32. The molecule has 1 atom stereocenters. The molecule has 0 aliphatic heterocycles. The number of thioether (sulfide) groups is 1. The Labute approximate surface area is 172 Å². The molecule has 2 N–H and O–H groups in total. The van der Waals surface area contributed by atoms with Crippen LogP contribution in [0, 0.1) is 12.8 Å². The number of carbonyl (C=O) groups is 1. The van der Waals surface area contributed by atoms with E-state index in [2.05, 4.69) is 39.3 Å². The Morgan fingerprint density at radius 3 is 2.64 bits per heavy atom. The van der Waals surface area contributed by atoms with Gasteiger partial charge in [-0.3, -0.25) is 9.79 Å². The summed E-state index contributed by atoms with van der Waals surface area (Å²) in [5, 5.41) is 9.77. The Kier molecular flexibility index (Phi) is 14.2. The topological polar surface area (TPSA) is 91.9 Å². The predicted molar refractivity (Wildman–Crippen MR) is 120 cm³/mol. The SMILES string of the molecule is C=C(C)S/C(C=O)=C(/N/C=N/c1cc(C)no1)C(C)/C=C\C=NC.CCNC. The van der Waals surface area contributed by atoms with Gasteiger partial charge in [-0.25, -0.2) is 4.99 Å². The number of aromatic nitrogens is 1. The van der Waals surface area contributed by atoms with Crippen molar-refractivity contribution in [2.45, 2.75) is 27.7 Å². The minimum Gasteiger partial charge on any atom is -0.348 e. The number of rotatable bonds is 10. The highest BCUT2D eigenvalue weighted by atomic mass is 32.2. The largest absolute Gasteiger partial charge is 0.348 e. The summed E-state index contributed by atoms with van der Waals surface area (Å²) in [4.78, 5) is 20.9. The maximum absolute atomic E-state index is 11.5. The molecule has 1 aromatic heterocycles. The molecule has 28 heavy (non-hydrogen) atoms. The van der Waals surface area contributed by atoms with Crippen molar-refractivity contribution >= 4 is 36.5 Å². The first-order valence-electron chi connectivity index (χ1n) is 8.88. The summed E-state index contributed by atoms with van der Waals surface area (Å²) in [5.74, 6) is 0.346. The summed E-state index contributed by atoms with van der Waals surface area (Å²) < 4.78 is 5.01. The van der Waals surface area contributed by atoms with Gasteiger partial charge in [0, 0.05) is 30.9 Å². The van der Waals surface area contributed by atoms with Crippen LogP contribution in [0.1, 0.15) is 26.5 Å². The molecule has 0 saturated carbocycles. The number of nitrogens with zero attached hydrogens (tertiary/aromatic N) is 3. The Hall–Kier alpha value is -2.45. The van der Waals surface area contributed by atoms with E-state index in [0.717, 1.165) is 29.1 Å². The first-order chi connectivity index (χ1) is 13.4. The molecule has 0 spiro atoms. The maximum Gasteiger partial charge on any atom is 0.252 e. The van der Waals surface area contributed by atoms with Gasteiger partial charge in [0.25, 0.3) is 5.88 Å². The quantitative estimate of drug-likeness (QED) is 0.264. The molecule has 1 unspecified atom stereocenters. The van der Waals surface area contributed by atoms with Crippen LogP contribution in [0.5, 0.6) is 0 Å². The van der Waals surface area contributed by atoms with Crippen LogP contribution in [0.3, 0.4) is 0 Å². The van der Waals surface area contributed by atoms with E-state index in [4.69, 9.17) is 4.52 Å². The molecule has 0 aromatic carbocycles. The van der Waals surface area contributed by atoms with Crippen LogP contribution in [-0.4, -0.2) is 44.6 Å². The summed E-state index contributed by atoms with van der Waals surface area (Å²) in [5.41, 5.74) is 1.47. The van der Waals surface area contributed by atoms with E-state index in [9.17, 15) is 4.79 Å². The highest BCUT2D eigenvalue weighted by Gasteiger charge is 2.12. The molecule has 8 heteroatoms. The molecule has 1 heterocycles. The molecule has 1 aromatic rings. The molecule has 0 bridgehead atoms. The number of aldehydes is 1. The van der Waals surface area contributed by atoms with Crippen molar-refractivity contribution in [3.8, 4) is 0 Å². The summed E-state index contributed by atoms with van der Waals surface area (Å²) in [7, 11) is 3.63. The van der Waals surface area contributed by atoms with Crippen LogP contribution in [0.25, 0.3) is 0 Å². The lowest BCUT2D eigenvalue weighted by Crippen LogP contribution is -2.18. The number of nitrogens with one attached hydrogen (secondary N) is 2. The van der Waals surface area contributed by atoms with Gasteiger partial charge < -0.3 is 15.2 Å². The molecule has 0 amide bonds. The van der Waals surface area contributed by atoms with Crippen molar-refractivity contribution < 1.29 is 9.32 Å². The zero-order chi connectivity index (χ0) is 21.4. The van der Waals surface area contributed by atoms with Gasteiger partial charge in [0.15, 0.2) is 6.29 Å². The van der Waals surface area contributed by atoms with Crippen LogP contribution in [0.4, 0.5) is 5.88 Å². The van der Waals surface area contributed by atoms with Crippen LogP contribution in [0.2, 0.25) is 0 Å². The molecule has 0 aliphatic rings. The zero-order valence-corrected chi connectivity index (χ0v) is 18.3. The molecule has 0 saturated heterocycles. The number of hydrogen-bond donors (Lipinski definition) is 2. The zero-order valence-electron chi connectivity index (χ0n) is 17.5. The first-order valence-corrected chi connectivity index (χ1v) is 9.69. The van der Waals surface area contributed by atoms with Crippen molar-refractivity contribution in [3.05, 3.63) is 46.0 Å². The number of carbonyl (C=O) groups excluding carboxylic acids is 1. The Balaban J connectivity index is 0.00000165. The average Bonchev–Trinajstić information content (AvgIpc) is 3.09. The van der Waals surface area contributed by atoms with Gasteiger partial charge in [-0.15, -0.1) is 0 Å². The fraction of sp³-hybridized carbons (Fsp3) is 0.400. The minimum atomic E-state index is -0.0436. The second-order valence-corrected chi connectivity index (χ2v) is 7.04. The van der Waals surface area contributed by atoms with Gasteiger partial charge in [0.2, 0.25) is 0 Å². The number of aryl methyl sites for hydroxylation is 1. The van der Waals surface area contributed by atoms with Gasteiger partial charge in [0.1, 0.15) is 0 Å². The lowest BCUT2D eigenvalue weighted by atomic mass is 10.1. The predicted octanol–water partition coefficient (Wildman–Crippen LogP) is 4.03. The molecule has 7 nitrogen and oxygen atoms in total. The van der Waals surface area contributed by atoms with Gasteiger partial charge >= 0.3 is 0 Å². The van der Waals surface area contributed by atoms with E-state index in [1.54, 1.807) is 19.3 Å². The highest BCUT2D eigenvalue weighted by Crippen LogP contribution is 2.27. The van der Waals surface area contributed by atoms with Crippen molar-refractivity contribution in [2.75, 3.05) is 20.6 Å². The number of hydrogen-bond acceptors (Lipinski definition) is 7. The van der Waals surface area contributed by atoms with Crippen molar-refractivity contribution in [3.63, 3.8) is 0 Å². The molecular formula is C20H31N5O2S. The van der Waals surface area contributed by atoms with E-state index in [0.29, 0.717) is 10.8 Å². The summed E-state index contributed by atoms with van der Waals surface area (Å²) in [6.45, 7) is 12.6. The standard InChI is InChI=1S/C17H22N4O2S.C3H9N/c1-12(2)24-15(10-22)17(13(3)7-6-8-18-5)20-11-19-16-9-14(4)21-23-16;1-3-4-2/h6-11,13H,1H2,2-5H3,(H,19,20);4H,3H2,1-2H3/b7-6-,17-15+,18-8?;. The maximum atomic E-state index is 11.5. The van der Waals surface area contributed by atoms with Crippen LogP contribution in [0.15, 0.2) is 54.8 Å². The normalized spacial score (nSPS) is 13.4. The Bertz CT molecular complexity index is 718. The van der Waals surface area contributed by atoms with E-state index >= 15 is 0 Å². The molecule has 0 fully saturated rings. The second-order valence-electron chi connectivity index (χ2n) is 5.70. The smallest absolute Gasteiger partial charge is 0.252 e. The third-order valence-electron chi connectivity index (χ3n) is 3.13. The third-order valence-corrected chi connectivity index (χ3v) is 4.01. The second kappa shape index (κ2) is 15.6. The molecule has 0 aliphatic carbocycles. The van der Waals surface area contributed by atoms with Crippen LogP contribution >= 0.6 is 11.8 Å². The van der Waals surface area contributed by atoms with E-state index < -0.39 is 0 Å². The lowest BCUT2D eigenvalue weighted by molar-refractivity contribution is -0.104. The summed E-state index contributed by atoms with van der Waals surface area (Å²) in [6.07, 6.45) is 7.75. The van der Waals surface area contributed by atoms with Gasteiger partial charge in [0.05, 0.1) is 16.9 Å². The Morgan fingerprint density at radius 1 is 1.50 bits per heavy atom. The molecular weight excluding hydrogens is 374 g/mol. The van der Waals surface area contributed by atoms with E-state index in [1.807, 2.05) is 40.0 Å². The van der Waals surface area contributed by atoms with Gasteiger partial charge in [-0.2, -0.15) is 0 Å². The van der Waals surface area contributed by atoms with E-state index in [-0.39, 0.29) is 5.92 Å². The molecule has 154 valence electrons. The highest BCUT2D eigenvalue weighted by molar-refractivity contribution is 8.07. The fourth-order valence-corrected chi connectivity index (χ4v) is 2.51. The molecule has 0 radical (unpaired) electrons. The first kappa shape index (κ1) is 25.6. The molecule has 1 rings (SSSR count). The lowest BCUT2D eigenvalue weighted by Gasteiger charge is -2.15. The monoisotopic (exact) mass is 405 g/mol.